The maximum absolute atomic E-state index is 14.3. The molecule has 1 saturated heterocycles. The number of rotatable bonds is 6. The number of aromatic nitrogens is 3. The topological polar surface area (TPSA) is 72.3 Å². The number of pyridine rings is 1. The second kappa shape index (κ2) is 9.14. The van der Waals surface area contributed by atoms with Crippen LogP contribution in [0.5, 0.6) is 5.75 Å². The molecule has 5 rings (SSSR count). The molecule has 2 aromatic heterocycles. The number of carbonyl (C=O) groups excluding carboxylic acids is 1. The second-order valence-corrected chi connectivity index (χ2v) is 8.79. The van der Waals surface area contributed by atoms with Gasteiger partial charge in [-0.15, -0.1) is 0 Å². The highest BCUT2D eigenvalue weighted by Crippen LogP contribution is 2.34. The van der Waals surface area contributed by atoms with E-state index >= 15 is 0 Å². The quantitative estimate of drug-likeness (QED) is 0.391. The van der Waals surface area contributed by atoms with Gasteiger partial charge in [0.2, 0.25) is 0 Å². The number of benzene rings is 2. The number of para-hydroxylation sites is 1. The van der Waals surface area contributed by atoms with Gasteiger partial charge in [0.05, 0.1) is 29.1 Å². The minimum atomic E-state index is -0.487. The number of carbonyl (C=O) groups is 1. The van der Waals surface area contributed by atoms with E-state index < -0.39 is 17.7 Å². The minimum absolute atomic E-state index is 0.0364. The second-order valence-electron chi connectivity index (χ2n) is 8.38. The van der Waals surface area contributed by atoms with E-state index in [1.807, 2.05) is 32.0 Å². The largest absolute Gasteiger partial charge is 0.487 e. The normalized spacial score (nSPS) is 14.4. The number of aryl methyl sites for hydroxylation is 1. The molecule has 0 saturated carbocycles. The van der Waals surface area contributed by atoms with E-state index in [1.54, 1.807) is 11.0 Å². The molecule has 3 heterocycles. The van der Waals surface area contributed by atoms with Crippen LogP contribution < -0.4 is 10.1 Å². The summed E-state index contributed by atoms with van der Waals surface area (Å²) < 4.78 is 35.5. The Bertz CT molecular complexity index is 1440. The molecule has 0 spiro atoms. The summed E-state index contributed by atoms with van der Waals surface area (Å²) in [6.07, 6.45) is 2.43. The third kappa shape index (κ3) is 4.39. The Kier molecular flexibility index (Phi) is 6.02. The van der Waals surface area contributed by atoms with Gasteiger partial charge >= 0.3 is 6.03 Å². The van der Waals surface area contributed by atoms with Gasteiger partial charge in [-0.1, -0.05) is 23.7 Å². The number of amides is 2. The molecular formula is C25H22ClF2N5O2. The highest BCUT2D eigenvalue weighted by Gasteiger charge is 2.28. The van der Waals surface area contributed by atoms with Crippen molar-refractivity contribution in [1.82, 2.24) is 25.0 Å². The molecule has 1 atom stereocenters. The first-order valence-electron chi connectivity index (χ1n) is 11.1. The van der Waals surface area contributed by atoms with Crippen molar-refractivity contribution in [2.75, 3.05) is 13.1 Å². The maximum atomic E-state index is 14.3. The Hall–Kier alpha value is -3.72. The fourth-order valence-electron chi connectivity index (χ4n) is 4.39. The van der Waals surface area contributed by atoms with Crippen molar-refractivity contribution in [1.29, 1.82) is 0 Å². The van der Waals surface area contributed by atoms with Gasteiger partial charge in [-0.2, -0.15) is 5.10 Å². The van der Waals surface area contributed by atoms with Crippen LogP contribution in [0.1, 0.15) is 29.8 Å². The van der Waals surface area contributed by atoms with E-state index in [1.165, 1.54) is 23.0 Å². The predicted molar refractivity (Wildman–Crippen MR) is 128 cm³/mol. The van der Waals surface area contributed by atoms with Crippen LogP contribution >= 0.6 is 11.6 Å². The summed E-state index contributed by atoms with van der Waals surface area (Å²) in [6, 6.07) is 9.26. The average Bonchev–Trinajstić information content (AvgIpc) is 3.45. The third-order valence-electron chi connectivity index (χ3n) is 6.08. The molecule has 2 amide bonds. The molecule has 1 aliphatic rings. The van der Waals surface area contributed by atoms with Crippen molar-refractivity contribution in [2.24, 2.45) is 0 Å². The van der Waals surface area contributed by atoms with Gasteiger partial charge in [-0.05, 0) is 43.7 Å². The zero-order valence-corrected chi connectivity index (χ0v) is 19.8. The Labute approximate surface area is 205 Å². The van der Waals surface area contributed by atoms with Crippen molar-refractivity contribution >= 4 is 28.5 Å². The first-order valence-corrected chi connectivity index (χ1v) is 11.5. The number of nitrogens with zero attached hydrogens (tertiary/aromatic N) is 4. The van der Waals surface area contributed by atoms with Crippen LogP contribution in [0.3, 0.4) is 0 Å². The molecule has 1 N–H and O–H groups in total. The molecule has 10 heteroatoms. The van der Waals surface area contributed by atoms with Gasteiger partial charge in [0.25, 0.3) is 0 Å². The number of ether oxygens (including phenoxy) is 1. The molecule has 1 unspecified atom stereocenters. The Balaban J connectivity index is 1.52. The van der Waals surface area contributed by atoms with Crippen LogP contribution in [0.25, 0.3) is 16.6 Å². The van der Waals surface area contributed by atoms with Gasteiger partial charge in [-0.3, -0.25) is 0 Å². The molecule has 1 fully saturated rings. The Morgan fingerprint density at radius 3 is 2.77 bits per heavy atom. The molecule has 1 aliphatic heterocycles. The molecule has 35 heavy (non-hydrogen) atoms. The smallest absolute Gasteiger partial charge is 0.318 e. The summed E-state index contributed by atoms with van der Waals surface area (Å²) >= 11 is 6.44. The monoisotopic (exact) mass is 497 g/mol. The van der Waals surface area contributed by atoms with Crippen molar-refractivity contribution in [3.8, 4) is 11.4 Å². The Morgan fingerprint density at radius 2 is 2.06 bits per heavy atom. The minimum Gasteiger partial charge on any atom is -0.487 e. The molecular weight excluding hydrogens is 476 g/mol. The molecule has 0 aliphatic carbocycles. The molecule has 0 bridgehead atoms. The number of hydrogen-bond donors (Lipinski definition) is 1. The van der Waals surface area contributed by atoms with E-state index in [4.69, 9.17) is 16.3 Å². The van der Waals surface area contributed by atoms with Gasteiger partial charge in [-0.25, -0.2) is 23.2 Å². The predicted octanol–water partition coefficient (Wildman–Crippen LogP) is 5.33. The highest BCUT2D eigenvalue weighted by atomic mass is 35.5. The van der Waals surface area contributed by atoms with Crippen LogP contribution in [0.2, 0.25) is 5.02 Å². The number of nitrogens with one attached hydrogen (secondary N) is 1. The summed E-state index contributed by atoms with van der Waals surface area (Å²) in [5.41, 5.74) is 3.10. The van der Waals surface area contributed by atoms with Crippen LogP contribution in [0.4, 0.5) is 13.6 Å². The van der Waals surface area contributed by atoms with Crippen molar-refractivity contribution in [3.05, 3.63) is 82.3 Å². The van der Waals surface area contributed by atoms with E-state index in [9.17, 15) is 13.6 Å². The number of fused-ring (bicyclic) bond motifs is 1. The number of hydrogen-bond acceptors (Lipinski definition) is 4. The summed E-state index contributed by atoms with van der Waals surface area (Å²) in [7, 11) is 0. The standard InChI is InChI=1S/C25H22ClF2N5O2/c1-14-8-22(33-12-17(28)11-30-33)18-4-3-5-23(24(18)31-14)35-13-20-19(9-16(27)10-21(20)26)15(2)32-7-6-29-25(32)34/h3-5,8-12,15H,6-7,13H2,1-2H3,(H,29,34). The lowest BCUT2D eigenvalue weighted by atomic mass is 10.0. The van der Waals surface area contributed by atoms with Crippen molar-refractivity contribution < 1.29 is 18.3 Å². The summed E-state index contributed by atoms with van der Waals surface area (Å²) in [4.78, 5) is 18.5. The average molecular weight is 498 g/mol. The fraction of sp³-hybridized carbons (Fsp3) is 0.240. The number of urea groups is 1. The third-order valence-corrected chi connectivity index (χ3v) is 6.42. The SMILES string of the molecule is Cc1cc(-n2cc(F)cn2)c2cccc(OCc3c(Cl)cc(F)cc3C(C)N3CCNC3=O)c2n1. The summed E-state index contributed by atoms with van der Waals surface area (Å²) in [5.74, 6) is -0.448. The molecule has 7 nitrogen and oxygen atoms in total. The zero-order chi connectivity index (χ0) is 24.7. The van der Waals surface area contributed by atoms with Gasteiger partial charge in [0.1, 0.15) is 23.7 Å². The van der Waals surface area contributed by atoms with Crippen LogP contribution in [-0.2, 0) is 6.61 Å². The van der Waals surface area contributed by atoms with Crippen molar-refractivity contribution in [3.63, 3.8) is 0 Å². The molecule has 2 aromatic carbocycles. The highest BCUT2D eigenvalue weighted by molar-refractivity contribution is 6.31. The number of halogens is 3. The lowest BCUT2D eigenvalue weighted by Crippen LogP contribution is -2.31. The van der Waals surface area contributed by atoms with E-state index in [-0.39, 0.29) is 17.7 Å². The van der Waals surface area contributed by atoms with E-state index in [2.05, 4.69) is 15.4 Å². The molecule has 180 valence electrons. The zero-order valence-electron chi connectivity index (χ0n) is 19.1. The van der Waals surface area contributed by atoms with E-state index in [0.29, 0.717) is 46.9 Å². The van der Waals surface area contributed by atoms with Gasteiger partial charge in [0, 0.05) is 29.7 Å². The lowest BCUT2D eigenvalue weighted by Gasteiger charge is -2.26. The molecule has 4 aromatic rings. The lowest BCUT2D eigenvalue weighted by molar-refractivity contribution is 0.201. The van der Waals surface area contributed by atoms with E-state index in [0.717, 1.165) is 11.6 Å². The van der Waals surface area contributed by atoms with Gasteiger partial charge < -0.3 is 15.0 Å². The van der Waals surface area contributed by atoms with Crippen LogP contribution in [0.15, 0.2) is 48.8 Å². The first-order chi connectivity index (χ1) is 16.8. The fourth-order valence-corrected chi connectivity index (χ4v) is 4.66. The van der Waals surface area contributed by atoms with Crippen LogP contribution in [0, 0.1) is 18.6 Å². The molecule has 0 radical (unpaired) electrons. The maximum Gasteiger partial charge on any atom is 0.318 e. The van der Waals surface area contributed by atoms with Gasteiger partial charge in [0.15, 0.2) is 5.82 Å². The Morgan fingerprint density at radius 1 is 1.23 bits per heavy atom. The summed E-state index contributed by atoms with van der Waals surface area (Å²) in [5, 5.41) is 7.78. The van der Waals surface area contributed by atoms with Crippen LogP contribution in [-0.4, -0.2) is 38.8 Å². The summed E-state index contributed by atoms with van der Waals surface area (Å²) in [6.45, 7) is 4.74. The van der Waals surface area contributed by atoms with Crippen molar-refractivity contribution in [2.45, 2.75) is 26.5 Å². The first kappa shape index (κ1) is 23.0.